The molecule has 186 valence electrons. The Kier molecular flexibility index (Phi) is 5.63. The Morgan fingerprint density at radius 3 is 2.36 bits per heavy atom. The van der Waals surface area contributed by atoms with Gasteiger partial charge in [-0.15, -0.1) is 0 Å². The van der Waals surface area contributed by atoms with Crippen LogP contribution in [-0.4, -0.2) is 31.3 Å². The van der Waals surface area contributed by atoms with Crippen LogP contribution in [0.1, 0.15) is 39.2 Å². The molecule has 3 aliphatic rings. The Labute approximate surface area is 218 Å². The number of Topliss-reactive ketones (excluding diaryl/α,β-unsaturated/α-hetero) is 1. The highest BCUT2D eigenvalue weighted by Crippen LogP contribution is 2.58. The highest BCUT2D eigenvalue weighted by atomic mass is 79.9. The lowest BCUT2D eigenvalue weighted by Crippen LogP contribution is -2.55. The van der Waals surface area contributed by atoms with Crippen LogP contribution in [0.2, 0.25) is 0 Å². The van der Waals surface area contributed by atoms with Crippen molar-refractivity contribution in [3.05, 3.63) is 81.2 Å². The van der Waals surface area contributed by atoms with E-state index >= 15 is 0 Å². The third kappa shape index (κ3) is 3.20. The first-order chi connectivity index (χ1) is 17.1. The van der Waals surface area contributed by atoms with Crippen molar-refractivity contribution < 1.29 is 19.1 Å². The lowest BCUT2D eigenvalue weighted by molar-refractivity contribution is -0.140. The maximum atomic E-state index is 14.3. The number of amides is 1. The summed E-state index contributed by atoms with van der Waals surface area (Å²) in [5.74, 6) is -1.19. The van der Waals surface area contributed by atoms with E-state index in [0.29, 0.717) is 34.6 Å². The van der Waals surface area contributed by atoms with Crippen molar-refractivity contribution in [1.82, 2.24) is 0 Å². The molecule has 2 aromatic carbocycles. The molecule has 36 heavy (non-hydrogen) atoms. The number of carbonyl (C=O) groups excluding carboxylic acids is 3. The number of benzene rings is 2. The summed E-state index contributed by atoms with van der Waals surface area (Å²) >= 11 is 3.61. The van der Waals surface area contributed by atoms with E-state index in [4.69, 9.17) is 10.5 Å². The van der Waals surface area contributed by atoms with Crippen molar-refractivity contribution in [2.45, 2.75) is 39.0 Å². The summed E-state index contributed by atoms with van der Waals surface area (Å²) in [5.41, 5.74) is 7.63. The molecule has 1 aliphatic carbocycles. The van der Waals surface area contributed by atoms with Crippen molar-refractivity contribution >= 4 is 45.0 Å². The zero-order valence-corrected chi connectivity index (χ0v) is 22.3. The second-order valence-corrected chi connectivity index (χ2v) is 11.0. The van der Waals surface area contributed by atoms with E-state index in [1.807, 2.05) is 56.3 Å². The van der Waals surface area contributed by atoms with Gasteiger partial charge in [0.05, 0.1) is 12.3 Å². The molecule has 8 heteroatoms. The van der Waals surface area contributed by atoms with Gasteiger partial charge in [0, 0.05) is 40.5 Å². The Morgan fingerprint density at radius 2 is 1.69 bits per heavy atom. The average molecular weight is 550 g/mol. The monoisotopic (exact) mass is 549 g/mol. The molecule has 0 saturated heterocycles. The van der Waals surface area contributed by atoms with Gasteiger partial charge in [0.1, 0.15) is 16.8 Å². The van der Waals surface area contributed by atoms with Crippen LogP contribution in [-0.2, 0) is 24.5 Å². The second kappa shape index (κ2) is 8.34. The van der Waals surface area contributed by atoms with Crippen molar-refractivity contribution in [3.8, 4) is 0 Å². The molecule has 1 amide bonds. The van der Waals surface area contributed by atoms with E-state index < -0.39 is 11.4 Å². The Balaban J connectivity index is 1.95. The fourth-order valence-electron chi connectivity index (χ4n) is 5.89. The number of ketones is 1. The number of nitrogens with two attached hydrogens (primary N) is 1. The van der Waals surface area contributed by atoms with E-state index in [-0.39, 0.29) is 41.5 Å². The summed E-state index contributed by atoms with van der Waals surface area (Å²) in [5, 5.41) is 0. The number of anilines is 2. The molecule has 1 atom stereocenters. The molecular formula is C28H28BrN3O4. The number of halogens is 1. The van der Waals surface area contributed by atoms with Gasteiger partial charge in [0.25, 0.3) is 0 Å². The van der Waals surface area contributed by atoms with Crippen LogP contribution in [0.5, 0.6) is 0 Å². The van der Waals surface area contributed by atoms with Crippen LogP contribution in [0.25, 0.3) is 0 Å². The highest BCUT2D eigenvalue weighted by molar-refractivity contribution is 9.10. The number of hydrogen-bond acceptors (Lipinski definition) is 6. The summed E-state index contributed by atoms with van der Waals surface area (Å²) in [4.78, 5) is 45.3. The first kappa shape index (κ1) is 24.3. The van der Waals surface area contributed by atoms with Gasteiger partial charge in [-0.1, -0.05) is 44.2 Å². The largest absolute Gasteiger partial charge is 0.462 e. The Bertz CT molecular complexity index is 1390. The smallest absolute Gasteiger partial charge is 0.339 e. The van der Waals surface area contributed by atoms with Gasteiger partial charge in [-0.05, 0) is 52.9 Å². The van der Waals surface area contributed by atoms with Crippen LogP contribution >= 0.6 is 15.9 Å². The fraction of sp³-hybridized carbons (Fsp3) is 0.321. The normalized spacial score (nSPS) is 22.8. The van der Waals surface area contributed by atoms with Gasteiger partial charge in [-0.25, -0.2) is 4.79 Å². The fourth-order valence-corrected chi connectivity index (χ4v) is 6.35. The van der Waals surface area contributed by atoms with Crippen LogP contribution in [0, 0.1) is 5.41 Å². The standard InChI is InChI=1S/C28H28BrN3O4/c1-5-36-25(34)23-24(30)32(19-13-9-7-11-17(19)29)20-14-27(2,3)15-21(33)22(20)28(23)16-10-6-8-12-18(16)31(4)26(28)35/h6-13H,5,14-15,30H2,1-4H3. The number of nitrogens with zero attached hydrogens (tertiary/aromatic N) is 2. The van der Waals surface area contributed by atoms with Gasteiger partial charge in [-0.3, -0.25) is 14.5 Å². The van der Waals surface area contributed by atoms with Gasteiger partial charge in [-0.2, -0.15) is 0 Å². The van der Waals surface area contributed by atoms with Crippen LogP contribution in [0.15, 0.2) is 75.7 Å². The van der Waals surface area contributed by atoms with E-state index in [9.17, 15) is 14.4 Å². The highest BCUT2D eigenvalue weighted by Gasteiger charge is 2.64. The summed E-state index contributed by atoms with van der Waals surface area (Å²) in [6, 6.07) is 14.7. The predicted octanol–water partition coefficient (Wildman–Crippen LogP) is 4.56. The number of para-hydroxylation sites is 2. The van der Waals surface area contributed by atoms with E-state index in [1.54, 1.807) is 24.9 Å². The number of rotatable bonds is 3. The van der Waals surface area contributed by atoms with Crippen molar-refractivity contribution in [2.75, 3.05) is 23.5 Å². The summed E-state index contributed by atoms with van der Waals surface area (Å²) in [6.45, 7) is 5.85. The number of hydrogen-bond donors (Lipinski definition) is 1. The molecule has 2 aliphatic heterocycles. The number of esters is 1. The molecule has 2 aromatic rings. The Morgan fingerprint density at radius 1 is 1.06 bits per heavy atom. The lowest BCUT2D eigenvalue weighted by Gasteiger charge is -2.47. The summed E-state index contributed by atoms with van der Waals surface area (Å²) in [7, 11) is 1.66. The lowest BCUT2D eigenvalue weighted by atomic mass is 9.60. The average Bonchev–Trinajstić information content (AvgIpc) is 3.02. The molecule has 5 rings (SSSR count). The minimum atomic E-state index is -1.68. The third-order valence-corrected chi connectivity index (χ3v) is 7.91. The number of ether oxygens (including phenoxy) is 1. The van der Waals surface area contributed by atoms with Crippen LogP contribution in [0.3, 0.4) is 0 Å². The molecule has 0 aromatic heterocycles. The number of allylic oxidation sites excluding steroid dienone is 1. The quantitative estimate of drug-likeness (QED) is 0.564. The number of carbonyl (C=O) groups is 3. The molecule has 1 unspecified atom stereocenters. The SMILES string of the molecule is CCOC(=O)C1=C(N)N(c2ccccc2Br)C2=C(C(=O)CC(C)(C)C2)C12C(=O)N(C)c1ccccc12. The molecular weight excluding hydrogens is 522 g/mol. The maximum Gasteiger partial charge on any atom is 0.339 e. The van der Waals surface area contributed by atoms with Crippen molar-refractivity contribution in [2.24, 2.45) is 11.1 Å². The topological polar surface area (TPSA) is 92.9 Å². The molecule has 7 nitrogen and oxygen atoms in total. The van der Waals surface area contributed by atoms with Gasteiger partial charge in [0.15, 0.2) is 5.78 Å². The van der Waals surface area contributed by atoms with E-state index in [1.165, 1.54) is 4.90 Å². The first-order valence-electron chi connectivity index (χ1n) is 11.9. The van der Waals surface area contributed by atoms with Gasteiger partial charge in [0.2, 0.25) is 5.91 Å². The third-order valence-electron chi connectivity index (χ3n) is 7.24. The zero-order chi connectivity index (χ0) is 26.0. The number of likely N-dealkylation sites (N-methyl/N-ethyl adjacent to an activating group) is 1. The zero-order valence-electron chi connectivity index (χ0n) is 20.7. The first-order valence-corrected chi connectivity index (χ1v) is 12.7. The minimum Gasteiger partial charge on any atom is -0.462 e. The van der Waals surface area contributed by atoms with Gasteiger partial charge < -0.3 is 15.4 Å². The molecule has 2 N–H and O–H groups in total. The van der Waals surface area contributed by atoms with E-state index in [0.717, 1.165) is 4.47 Å². The molecule has 0 bridgehead atoms. The molecule has 2 heterocycles. The Hall–Kier alpha value is -3.39. The molecule has 0 fully saturated rings. The maximum absolute atomic E-state index is 14.3. The van der Waals surface area contributed by atoms with E-state index in [2.05, 4.69) is 15.9 Å². The van der Waals surface area contributed by atoms with Crippen LogP contribution in [0.4, 0.5) is 11.4 Å². The number of fused-ring (bicyclic) bond motifs is 3. The predicted molar refractivity (Wildman–Crippen MR) is 141 cm³/mol. The molecule has 0 radical (unpaired) electrons. The summed E-state index contributed by atoms with van der Waals surface area (Å²) in [6.07, 6.45) is 0.736. The van der Waals surface area contributed by atoms with Crippen molar-refractivity contribution in [3.63, 3.8) is 0 Å². The minimum absolute atomic E-state index is 0.0197. The second-order valence-electron chi connectivity index (χ2n) is 10.2. The van der Waals surface area contributed by atoms with Gasteiger partial charge >= 0.3 is 5.97 Å². The molecule has 1 spiro atoms. The molecule has 0 saturated carbocycles. The summed E-state index contributed by atoms with van der Waals surface area (Å²) < 4.78 is 6.23. The van der Waals surface area contributed by atoms with Crippen LogP contribution < -0.4 is 15.5 Å². The van der Waals surface area contributed by atoms with Crippen molar-refractivity contribution in [1.29, 1.82) is 0 Å².